The van der Waals surface area contributed by atoms with E-state index >= 15 is 0 Å². The summed E-state index contributed by atoms with van der Waals surface area (Å²) in [7, 11) is 0. The van der Waals surface area contributed by atoms with Crippen LogP contribution in [-0.2, 0) is 0 Å². The molecule has 4 nitrogen and oxygen atoms in total. The van der Waals surface area contributed by atoms with Gasteiger partial charge in [0, 0.05) is 11.7 Å². The van der Waals surface area contributed by atoms with Crippen LogP contribution in [0.15, 0.2) is 27.4 Å². The molecule has 1 aromatic carbocycles. The van der Waals surface area contributed by atoms with Gasteiger partial charge in [0.2, 0.25) is 0 Å². The number of H-pyrrole nitrogens is 1. The van der Waals surface area contributed by atoms with Crippen molar-refractivity contribution in [1.29, 1.82) is 0 Å². The van der Waals surface area contributed by atoms with Crippen molar-refractivity contribution in [2.45, 2.75) is 32.2 Å². The minimum Gasteiger partial charge on any atom is -0.408 e. The maximum atomic E-state index is 11.1. The molecule has 0 saturated heterocycles. The maximum Gasteiger partial charge on any atom is 0.417 e. The van der Waals surface area contributed by atoms with Gasteiger partial charge in [-0.1, -0.05) is 6.92 Å². The van der Waals surface area contributed by atoms with Crippen LogP contribution in [0.3, 0.4) is 0 Å². The minimum atomic E-state index is -0.397. The molecule has 1 atom stereocenters. The first-order chi connectivity index (χ1) is 8.26. The Labute approximate surface area is 99.0 Å². The number of aromatic amines is 1. The summed E-state index contributed by atoms with van der Waals surface area (Å²) in [4.78, 5) is 13.7. The van der Waals surface area contributed by atoms with Crippen LogP contribution >= 0.6 is 0 Å². The van der Waals surface area contributed by atoms with Crippen molar-refractivity contribution in [3.05, 3.63) is 28.7 Å². The first kappa shape index (κ1) is 10.4. The van der Waals surface area contributed by atoms with E-state index in [1.165, 1.54) is 12.8 Å². The third-order valence-electron chi connectivity index (χ3n) is 3.40. The fourth-order valence-electron chi connectivity index (χ4n) is 2.31. The monoisotopic (exact) mass is 232 g/mol. The number of fused-ring (bicyclic) bond motifs is 1. The summed E-state index contributed by atoms with van der Waals surface area (Å²) in [5.41, 5.74) is 2.42. The number of oxazole rings is 1. The molecule has 4 heteroatoms. The summed E-state index contributed by atoms with van der Waals surface area (Å²) in [5.74, 6) is 0.422. The van der Waals surface area contributed by atoms with E-state index < -0.39 is 5.76 Å². The van der Waals surface area contributed by atoms with E-state index in [0.717, 1.165) is 23.5 Å². The quantitative estimate of drug-likeness (QED) is 0.852. The molecule has 1 aliphatic rings. The number of hydrogen-bond acceptors (Lipinski definition) is 3. The Balaban J connectivity index is 1.86. The molecular formula is C13H16N2O2. The van der Waals surface area contributed by atoms with Crippen molar-refractivity contribution in [2.24, 2.45) is 5.92 Å². The van der Waals surface area contributed by atoms with Crippen LogP contribution in [0.25, 0.3) is 11.1 Å². The number of hydrogen-bond donors (Lipinski definition) is 2. The highest BCUT2D eigenvalue weighted by Gasteiger charge is 2.29. The molecule has 2 N–H and O–H groups in total. The smallest absolute Gasteiger partial charge is 0.408 e. The Kier molecular flexibility index (Phi) is 2.42. The van der Waals surface area contributed by atoms with E-state index in [9.17, 15) is 4.79 Å². The lowest BCUT2D eigenvalue weighted by Crippen LogP contribution is -2.20. The Hall–Kier alpha value is -1.71. The summed E-state index contributed by atoms with van der Waals surface area (Å²) in [6.45, 7) is 2.20. The third-order valence-corrected chi connectivity index (χ3v) is 3.40. The molecule has 0 radical (unpaired) electrons. The van der Waals surface area contributed by atoms with Crippen molar-refractivity contribution in [3.63, 3.8) is 0 Å². The molecule has 1 aromatic heterocycles. The van der Waals surface area contributed by atoms with Gasteiger partial charge >= 0.3 is 5.76 Å². The van der Waals surface area contributed by atoms with Gasteiger partial charge in [-0.3, -0.25) is 4.98 Å². The number of aromatic nitrogens is 1. The number of anilines is 1. The first-order valence-electron chi connectivity index (χ1n) is 6.15. The normalized spacial score (nSPS) is 17.2. The van der Waals surface area contributed by atoms with Crippen molar-refractivity contribution in [3.8, 4) is 0 Å². The van der Waals surface area contributed by atoms with Crippen molar-refractivity contribution in [1.82, 2.24) is 4.98 Å². The molecule has 1 heterocycles. The zero-order chi connectivity index (χ0) is 11.8. The second kappa shape index (κ2) is 3.95. The molecule has 0 bridgehead atoms. The summed E-state index contributed by atoms with van der Waals surface area (Å²) in [6, 6.07) is 6.27. The Morgan fingerprint density at radius 2 is 2.35 bits per heavy atom. The SMILES string of the molecule is CCC(Nc1ccc2oc(=O)[nH]c2c1)C1CC1. The molecule has 1 saturated carbocycles. The summed E-state index contributed by atoms with van der Waals surface area (Å²) in [6.07, 6.45) is 3.79. The molecular weight excluding hydrogens is 216 g/mol. The third kappa shape index (κ3) is 2.07. The number of nitrogens with one attached hydrogen (secondary N) is 2. The van der Waals surface area contributed by atoms with Gasteiger partial charge < -0.3 is 9.73 Å². The minimum absolute atomic E-state index is 0.397. The van der Waals surface area contributed by atoms with Crippen molar-refractivity contribution in [2.75, 3.05) is 5.32 Å². The fraction of sp³-hybridized carbons (Fsp3) is 0.462. The largest absolute Gasteiger partial charge is 0.417 e. The Bertz CT molecular complexity index is 580. The average molecular weight is 232 g/mol. The van der Waals surface area contributed by atoms with Crippen LogP contribution in [0.2, 0.25) is 0 Å². The van der Waals surface area contributed by atoms with E-state index in [-0.39, 0.29) is 0 Å². The molecule has 3 rings (SSSR count). The van der Waals surface area contributed by atoms with Crippen LogP contribution in [-0.4, -0.2) is 11.0 Å². The lowest BCUT2D eigenvalue weighted by atomic mass is 10.1. The van der Waals surface area contributed by atoms with Gasteiger partial charge in [0.1, 0.15) is 0 Å². The number of rotatable bonds is 4. The van der Waals surface area contributed by atoms with Crippen LogP contribution < -0.4 is 11.1 Å². The molecule has 0 aliphatic heterocycles. The molecule has 0 spiro atoms. The zero-order valence-corrected chi connectivity index (χ0v) is 9.82. The molecule has 2 aromatic rings. The maximum absolute atomic E-state index is 11.1. The van der Waals surface area contributed by atoms with Gasteiger partial charge in [-0.2, -0.15) is 0 Å². The van der Waals surface area contributed by atoms with E-state index in [1.54, 1.807) is 0 Å². The lowest BCUT2D eigenvalue weighted by Gasteiger charge is -2.17. The highest BCUT2D eigenvalue weighted by molar-refractivity contribution is 5.76. The standard InChI is InChI=1S/C13H16N2O2/c1-2-10(8-3-4-8)14-9-5-6-12-11(7-9)15-13(16)17-12/h5-8,10,14H,2-4H2,1H3,(H,15,16). The molecule has 90 valence electrons. The Morgan fingerprint density at radius 1 is 1.53 bits per heavy atom. The van der Waals surface area contributed by atoms with E-state index in [4.69, 9.17) is 4.42 Å². The summed E-state index contributed by atoms with van der Waals surface area (Å²) in [5, 5.41) is 3.53. The second-order valence-corrected chi connectivity index (χ2v) is 4.72. The fourth-order valence-corrected chi connectivity index (χ4v) is 2.31. The van der Waals surface area contributed by atoms with Crippen molar-refractivity contribution >= 4 is 16.8 Å². The van der Waals surface area contributed by atoms with Gasteiger partial charge in [0.05, 0.1) is 5.52 Å². The van der Waals surface area contributed by atoms with Gasteiger partial charge in [-0.25, -0.2) is 4.79 Å². The molecule has 0 amide bonds. The van der Waals surface area contributed by atoms with Crippen LogP contribution in [0.4, 0.5) is 5.69 Å². The van der Waals surface area contributed by atoms with E-state index in [0.29, 0.717) is 11.6 Å². The number of benzene rings is 1. The van der Waals surface area contributed by atoms with E-state index in [1.807, 2.05) is 18.2 Å². The first-order valence-corrected chi connectivity index (χ1v) is 6.15. The average Bonchev–Trinajstić information content (AvgIpc) is 3.08. The van der Waals surface area contributed by atoms with Gasteiger partial charge in [-0.05, 0) is 43.4 Å². The second-order valence-electron chi connectivity index (χ2n) is 4.72. The lowest BCUT2D eigenvalue weighted by molar-refractivity contribution is 0.555. The van der Waals surface area contributed by atoms with Crippen LogP contribution in [0, 0.1) is 5.92 Å². The Morgan fingerprint density at radius 3 is 3.06 bits per heavy atom. The predicted octanol–water partition coefficient (Wildman–Crippen LogP) is 2.72. The molecule has 17 heavy (non-hydrogen) atoms. The van der Waals surface area contributed by atoms with Gasteiger partial charge in [-0.15, -0.1) is 0 Å². The van der Waals surface area contributed by atoms with Crippen molar-refractivity contribution < 1.29 is 4.42 Å². The van der Waals surface area contributed by atoms with E-state index in [2.05, 4.69) is 17.2 Å². The molecule has 1 unspecified atom stereocenters. The van der Waals surface area contributed by atoms with Crippen LogP contribution in [0.1, 0.15) is 26.2 Å². The van der Waals surface area contributed by atoms with Gasteiger partial charge in [0.15, 0.2) is 5.58 Å². The summed E-state index contributed by atoms with van der Waals surface area (Å²) < 4.78 is 4.98. The predicted molar refractivity (Wildman–Crippen MR) is 67.3 cm³/mol. The zero-order valence-electron chi connectivity index (χ0n) is 9.82. The summed E-state index contributed by atoms with van der Waals surface area (Å²) >= 11 is 0. The highest BCUT2D eigenvalue weighted by Crippen LogP contribution is 2.35. The highest BCUT2D eigenvalue weighted by atomic mass is 16.4. The van der Waals surface area contributed by atoms with Gasteiger partial charge in [0.25, 0.3) is 0 Å². The topological polar surface area (TPSA) is 58.0 Å². The molecule has 1 aliphatic carbocycles. The molecule has 1 fully saturated rings. The van der Waals surface area contributed by atoms with Crippen LogP contribution in [0.5, 0.6) is 0 Å².